The van der Waals surface area contributed by atoms with Crippen LogP contribution in [0.3, 0.4) is 0 Å². The molecule has 1 aliphatic heterocycles. The van der Waals surface area contributed by atoms with Gasteiger partial charge in [0.2, 0.25) is 5.91 Å². The minimum absolute atomic E-state index is 0.0690. The Morgan fingerprint density at radius 2 is 2.16 bits per heavy atom. The molecule has 0 saturated carbocycles. The maximum atomic E-state index is 12.7. The number of hydrogen-bond donors (Lipinski definition) is 1. The van der Waals surface area contributed by atoms with E-state index in [1.54, 1.807) is 29.0 Å². The van der Waals surface area contributed by atoms with Gasteiger partial charge in [-0.3, -0.25) is 19.0 Å². The number of aromatic nitrogens is 4. The monoisotopic (exact) mass is 441 g/mol. The van der Waals surface area contributed by atoms with Gasteiger partial charge in [-0.25, -0.2) is 9.67 Å². The summed E-state index contributed by atoms with van der Waals surface area (Å²) in [7, 11) is 0. The normalized spacial score (nSPS) is 15.5. The average Bonchev–Trinajstić information content (AvgIpc) is 3.30. The van der Waals surface area contributed by atoms with Crippen LogP contribution in [0.2, 0.25) is 0 Å². The molecule has 0 saturated heterocycles. The Bertz CT molecular complexity index is 1220. The van der Waals surface area contributed by atoms with Crippen LogP contribution >= 0.6 is 11.8 Å². The molecular formula is C21H23N5O4S. The van der Waals surface area contributed by atoms with Gasteiger partial charge in [0.1, 0.15) is 5.69 Å². The van der Waals surface area contributed by atoms with E-state index < -0.39 is 0 Å². The van der Waals surface area contributed by atoms with Crippen LogP contribution in [0.4, 0.5) is 0 Å². The number of carbonyl (C=O) groups is 1. The molecule has 31 heavy (non-hydrogen) atoms. The highest BCUT2D eigenvalue weighted by Crippen LogP contribution is 2.26. The minimum Gasteiger partial charge on any atom is -0.463 e. The Hall–Kier alpha value is -3.14. The summed E-state index contributed by atoms with van der Waals surface area (Å²) in [5.74, 6) is 0.619. The summed E-state index contributed by atoms with van der Waals surface area (Å²) in [6.07, 6.45) is 2.15. The van der Waals surface area contributed by atoms with Crippen molar-refractivity contribution in [3.63, 3.8) is 0 Å². The van der Waals surface area contributed by atoms with E-state index in [2.05, 4.69) is 15.4 Å². The van der Waals surface area contributed by atoms with Gasteiger partial charge < -0.3 is 9.73 Å². The van der Waals surface area contributed by atoms with Crippen molar-refractivity contribution in [2.24, 2.45) is 5.92 Å². The fraction of sp³-hybridized carbons (Fsp3) is 0.381. The molecule has 1 unspecified atom stereocenters. The van der Waals surface area contributed by atoms with Crippen molar-refractivity contribution in [1.82, 2.24) is 24.6 Å². The van der Waals surface area contributed by atoms with Crippen LogP contribution in [-0.2, 0) is 24.3 Å². The Balaban J connectivity index is 1.40. The van der Waals surface area contributed by atoms with Gasteiger partial charge in [0.25, 0.3) is 11.1 Å². The third kappa shape index (κ3) is 4.34. The molecule has 1 aliphatic rings. The fourth-order valence-corrected chi connectivity index (χ4v) is 4.68. The van der Waals surface area contributed by atoms with E-state index in [4.69, 9.17) is 4.42 Å². The number of aryl methyl sites for hydroxylation is 1. The van der Waals surface area contributed by atoms with Crippen LogP contribution in [0, 0.1) is 12.8 Å². The number of hydrogen-bond acceptors (Lipinski definition) is 7. The van der Waals surface area contributed by atoms with E-state index in [-0.39, 0.29) is 36.0 Å². The lowest BCUT2D eigenvalue weighted by Gasteiger charge is -2.25. The number of amides is 1. The third-order valence-corrected chi connectivity index (χ3v) is 6.38. The molecule has 0 fully saturated rings. The van der Waals surface area contributed by atoms with Crippen molar-refractivity contribution >= 4 is 17.7 Å². The first-order valence-electron chi connectivity index (χ1n) is 10.1. The van der Waals surface area contributed by atoms with Gasteiger partial charge in [0.05, 0.1) is 18.7 Å². The second-order valence-corrected chi connectivity index (χ2v) is 8.27. The first kappa shape index (κ1) is 21.1. The van der Waals surface area contributed by atoms with Gasteiger partial charge in [-0.2, -0.15) is 5.10 Å². The summed E-state index contributed by atoms with van der Waals surface area (Å²) < 4.78 is 8.22. The van der Waals surface area contributed by atoms with Gasteiger partial charge in [0.15, 0.2) is 10.9 Å². The third-order valence-electron chi connectivity index (χ3n) is 5.24. The highest BCUT2D eigenvalue weighted by molar-refractivity contribution is 7.99. The molecule has 0 radical (unpaired) electrons. The molecule has 0 aliphatic carbocycles. The standard InChI is InChI=1S/C21H23N5O4S/c1-3-15-13(2)23-21-25(20(15)29)11-14(12-31-21)19(28)22-8-9-26-18(27)7-6-16(24-26)17-5-4-10-30-17/h4-7,10,14H,3,8-9,11-12H2,1-2H3,(H,22,28). The van der Waals surface area contributed by atoms with Gasteiger partial charge in [-0.1, -0.05) is 18.7 Å². The molecule has 0 aromatic carbocycles. The van der Waals surface area contributed by atoms with Crippen molar-refractivity contribution < 1.29 is 9.21 Å². The van der Waals surface area contributed by atoms with Crippen LogP contribution in [-0.4, -0.2) is 37.5 Å². The van der Waals surface area contributed by atoms with Crippen molar-refractivity contribution in [2.75, 3.05) is 12.3 Å². The maximum Gasteiger partial charge on any atom is 0.266 e. The number of rotatable bonds is 6. The SMILES string of the molecule is CCc1c(C)nc2n(c1=O)CC(C(=O)NCCn1nc(-c3ccco3)ccc1=O)CS2. The predicted molar refractivity (Wildman–Crippen MR) is 116 cm³/mol. The lowest BCUT2D eigenvalue weighted by molar-refractivity contribution is -0.124. The minimum atomic E-state index is -0.344. The molecule has 1 amide bonds. The van der Waals surface area contributed by atoms with Crippen molar-refractivity contribution in [3.05, 3.63) is 62.5 Å². The van der Waals surface area contributed by atoms with Crippen molar-refractivity contribution in [1.29, 1.82) is 0 Å². The van der Waals surface area contributed by atoms with Crippen LogP contribution < -0.4 is 16.4 Å². The zero-order chi connectivity index (χ0) is 22.0. The summed E-state index contributed by atoms with van der Waals surface area (Å²) in [6.45, 7) is 4.56. The smallest absolute Gasteiger partial charge is 0.266 e. The van der Waals surface area contributed by atoms with E-state index in [1.165, 1.54) is 22.5 Å². The Labute approximate surface area is 182 Å². The highest BCUT2D eigenvalue weighted by atomic mass is 32.2. The summed E-state index contributed by atoms with van der Waals surface area (Å²) in [6, 6.07) is 6.54. The summed E-state index contributed by atoms with van der Waals surface area (Å²) in [5, 5.41) is 7.82. The zero-order valence-corrected chi connectivity index (χ0v) is 18.1. The maximum absolute atomic E-state index is 12.7. The first-order valence-corrected chi connectivity index (χ1v) is 11.1. The van der Waals surface area contributed by atoms with Crippen LogP contribution in [0.5, 0.6) is 0 Å². The number of nitrogens with zero attached hydrogens (tertiary/aromatic N) is 4. The molecule has 1 N–H and O–H groups in total. The Kier molecular flexibility index (Phi) is 6.08. The van der Waals surface area contributed by atoms with E-state index in [0.29, 0.717) is 40.9 Å². The van der Waals surface area contributed by atoms with Gasteiger partial charge in [0, 0.05) is 36.2 Å². The van der Waals surface area contributed by atoms with E-state index in [1.807, 2.05) is 13.8 Å². The number of furan rings is 1. The number of fused-ring (bicyclic) bond motifs is 1. The number of thioether (sulfide) groups is 1. The molecule has 4 rings (SSSR count). The topological polar surface area (TPSA) is 112 Å². The molecule has 0 spiro atoms. The van der Waals surface area contributed by atoms with E-state index in [9.17, 15) is 14.4 Å². The second-order valence-electron chi connectivity index (χ2n) is 7.28. The lowest BCUT2D eigenvalue weighted by atomic mass is 10.1. The molecule has 162 valence electrons. The lowest BCUT2D eigenvalue weighted by Crippen LogP contribution is -2.42. The zero-order valence-electron chi connectivity index (χ0n) is 17.3. The van der Waals surface area contributed by atoms with Gasteiger partial charge in [-0.15, -0.1) is 0 Å². The molecule has 9 nitrogen and oxygen atoms in total. The van der Waals surface area contributed by atoms with Crippen LogP contribution in [0.1, 0.15) is 18.2 Å². The number of nitrogens with one attached hydrogen (secondary N) is 1. The predicted octanol–water partition coefficient (Wildman–Crippen LogP) is 1.47. The molecule has 0 bridgehead atoms. The summed E-state index contributed by atoms with van der Waals surface area (Å²) in [4.78, 5) is 42.0. The highest BCUT2D eigenvalue weighted by Gasteiger charge is 2.27. The summed E-state index contributed by atoms with van der Waals surface area (Å²) in [5.41, 5.74) is 1.66. The fourth-order valence-electron chi connectivity index (χ4n) is 3.56. The molecule has 3 aromatic heterocycles. The molecular weight excluding hydrogens is 418 g/mol. The Morgan fingerprint density at radius 3 is 2.90 bits per heavy atom. The number of carbonyl (C=O) groups excluding carboxylic acids is 1. The van der Waals surface area contributed by atoms with Crippen molar-refractivity contribution in [2.45, 2.75) is 38.5 Å². The largest absolute Gasteiger partial charge is 0.463 e. The van der Waals surface area contributed by atoms with Crippen molar-refractivity contribution in [3.8, 4) is 11.5 Å². The quantitative estimate of drug-likeness (QED) is 0.577. The van der Waals surface area contributed by atoms with Crippen LogP contribution in [0.15, 0.2) is 49.7 Å². The first-order chi connectivity index (χ1) is 15.0. The molecule has 1 atom stereocenters. The van der Waals surface area contributed by atoms with Crippen LogP contribution in [0.25, 0.3) is 11.5 Å². The van der Waals surface area contributed by atoms with Gasteiger partial charge >= 0.3 is 0 Å². The summed E-state index contributed by atoms with van der Waals surface area (Å²) >= 11 is 1.42. The van der Waals surface area contributed by atoms with E-state index >= 15 is 0 Å². The average molecular weight is 442 g/mol. The molecule has 10 heteroatoms. The Morgan fingerprint density at radius 1 is 1.32 bits per heavy atom. The van der Waals surface area contributed by atoms with E-state index in [0.717, 1.165) is 5.69 Å². The second kappa shape index (κ2) is 8.93. The molecule has 4 heterocycles. The van der Waals surface area contributed by atoms with Gasteiger partial charge in [-0.05, 0) is 31.5 Å². The molecule has 3 aromatic rings.